The largest absolute Gasteiger partial charge is 0.343 e. The summed E-state index contributed by atoms with van der Waals surface area (Å²) < 4.78 is 0. The number of amides is 1. The summed E-state index contributed by atoms with van der Waals surface area (Å²) in [5.41, 5.74) is 0. The van der Waals surface area contributed by atoms with Crippen LogP contribution < -0.4 is 5.32 Å². The van der Waals surface area contributed by atoms with Crippen LogP contribution in [0.3, 0.4) is 0 Å². The molecule has 1 N–H and O–H groups in total. The van der Waals surface area contributed by atoms with Crippen molar-refractivity contribution < 1.29 is 4.79 Å². The molecule has 0 bridgehead atoms. The predicted octanol–water partition coefficient (Wildman–Crippen LogP) is 3.83. The second-order valence-corrected chi connectivity index (χ2v) is 5.47. The Balaban J connectivity index is 0.00000172. The Bertz CT molecular complexity index is 225. The maximum absolute atomic E-state index is 12.0. The lowest BCUT2D eigenvalue weighted by atomic mass is 9.94. The first-order chi connectivity index (χ1) is 9.77. The molecule has 0 aromatic heterocycles. The highest BCUT2D eigenvalue weighted by atomic mass is 16.2. The Morgan fingerprint density at radius 3 is 2.30 bits per heavy atom. The Hall–Kier alpha value is -0.570. The van der Waals surface area contributed by atoms with Gasteiger partial charge in [-0.15, -0.1) is 0 Å². The first-order valence-electron chi connectivity index (χ1n) is 8.76. The van der Waals surface area contributed by atoms with E-state index >= 15 is 0 Å². The quantitative estimate of drug-likeness (QED) is 0.734. The van der Waals surface area contributed by atoms with Crippen LogP contribution in [0.2, 0.25) is 0 Å². The van der Waals surface area contributed by atoms with Gasteiger partial charge >= 0.3 is 0 Å². The molecule has 0 aliphatic carbocycles. The summed E-state index contributed by atoms with van der Waals surface area (Å²) in [6.07, 6.45) is 7.75. The Labute approximate surface area is 126 Å². The van der Waals surface area contributed by atoms with Crippen LogP contribution in [0.25, 0.3) is 0 Å². The van der Waals surface area contributed by atoms with Crippen molar-refractivity contribution >= 4 is 5.91 Å². The van der Waals surface area contributed by atoms with Crippen molar-refractivity contribution in [1.82, 2.24) is 10.2 Å². The molecule has 0 atom stereocenters. The molecule has 1 heterocycles. The zero-order valence-electron chi connectivity index (χ0n) is 14.2. The van der Waals surface area contributed by atoms with E-state index in [1.54, 1.807) is 0 Å². The number of hydrogen-bond acceptors (Lipinski definition) is 2. The third-order valence-electron chi connectivity index (χ3n) is 3.86. The highest BCUT2D eigenvalue weighted by molar-refractivity contribution is 5.76. The van der Waals surface area contributed by atoms with Gasteiger partial charge in [0.25, 0.3) is 0 Å². The van der Waals surface area contributed by atoms with E-state index in [0.717, 1.165) is 51.4 Å². The van der Waals surface area contributed by atoms with Gasteiger partial charge in [-0.05, 0) is 51.1 Å². The number of unbranched alkanes of at least 4 members (excludes halogenated alkanes) is 1. The van der Waals surface area contributed by atoms with Crippen molar-refractivity contribution in [2.24, 2.45) is 5.92 Å². The Morgan fingerprint density at radius 2 is 1.75 bits per heavy atom. The first kappa shape index (κ1) is 19.4. The van der Waals surface area contributed by atoms with Crippen LogP contribution in [0, 0.1) is 5.92 Å². The van der Waals surface area contributed by atoms with E-state index in [-0.39, 0.29) is 0 Å². The maximum Gasteiger partial charge on any atom is 0.222 e. The van der Waals surface area contributed by atoms with E-state index in [4.69, 9.17) is 0 Å². The fourth-order valence-electron chi connectivity index (χ4n) is 2.59. The molecule has 0 aromatic carbocycles. The van der Waals surface area contributed by atoms with E-state index < -0.39 is 0 Å². The summed E-state index contributed by atoms with van der Waals surface area (Å²) in [7, 11) is 0. The average molecular weight is 284 g/mol. The fraction of sp³-hybridized carbons (Fsp3) is 0.941. The number of nitrogens with one attached hydrogen (secondary N) is 1. The first-order valence-corrected chi connectivity index (χ1v) is 8.76. The molecule has 3 nitrogen and oxygen atoms in total. The van der Waals surface area contributed by atoms with E-state index in [9.17, 15) is 4.79 Å². The van der Waals surface area contributed by atoms with Gasteiger partial charge in [-0.1, -0.05) is 34.1 Å². The molecule has 1 amide bonds. The van der Waals surface area contributed by atoms with Gasteiger partial charge in [0.1, 0.15) is 0 Å². The number of piperidine rings is 1. The lowest BCUT2D eigenvalue weighted by Gasteiger charge is -2.27. The Morgan fingerprint density at radius 1 is 1.10 bits per heavy atom. The van der Waals surface area contributed by atoms with Crippen molar-refractivity contribution in [3.8, 4) is 0 Å². The van der Waals surface area contributed by atoms with Gasteiger partial charge in [-0.2, -0.15) is 0 Å². The molecule has 0 spiro atoms. The lowest BCUT2D eigenvalue weighted by molar-refractivity contribution is -0.131. The minimum atomic E-state index is 0.361. The molecule has 1 aliphatic heterocycles. The van der Waals surface area contributed by atoms with Crippen LogP contribution in [0.5, 0.6) is 0 Å². The number of rotatable bonds is 8. The molecular formula is C17H36N2O. The van der Waals surface area contributed by atoms with Crippen molar-refractivity contribution in [2.45, 2.75) is 72.6 Å². The van der Waals surface area contributed by atoms with Crippen molar-refractivity contribution in [3.05, 3.63) is 0 Å². The summed E-state index contributed by atoms with van der Waals surface area (Å²) in [6.45, 7) is 12.5. The van der Waals surface area contributed by atoms with Gasteiger partial charge in [-0.3, -0.25) is 4.79 Å². The molecule has 0 unspecified atom stereocenters. The number of carbonyl (C=O) groups excluding carboxylic acids is 1. The zero-order chi connectivity index (χ0) is 15.2. The van der Waals surface area contributed by atoms with Gasteiger partial charge in [0, 0.05) is 19.5 Å². The lowest BCUT2D eigenvalue weighted by Crippen LogP contribution is -2.35. The molecule has 1 fully saturated rings. The predicted molar refractivity (Wildman–Crippen MR) is 88.0 cm³/mol. The minimum Gasteiger partial charge on any atom is -0.343 e. The van der Waals surface area contributed by atoms with Crippen LogP contribution in [0.4, 0.5) is 0 Å². The highest BCUT2D eigenvalue weighted by Crippen LogP contribution is 2.17. The van der Waals surface area contributed by atoms with Gasteiger partial charge < -0.3 is 10.2 Å². The van der Waals surface area contributed by atoms with E-state index in [0.29, 0.717) is 5.91 Å². The van der Waals surface area contributed by atoms with Crippen LogP contribution in [0.15, 0.2) is 0 Å². The van der Waals surface area contributed by atoms with Gasteiger partial charge in [0.15, 0.2) is 0 Å². The zero-order valence-corrected chi connectivity index (χ0v) is 14.2. The average Bonchev–Trinajstić information content (AvgIpc) is 2.50. The van der Waals surface area contributed by atoms with Crippen LogP contribution in [-0.2, 0) is 4.79 Å². The van der Waals surface area contributed by atoms with Gasteiger partial charge in [0.2, 0.25) is 5.91 Å². The summed E-state index contributed by atoms with van der Waals surface area (Å²) in [5, 5.41) is 3.40. The van der Waals surface area contributed by atoms with E-state index in [2.05, 4.69) is 24.1 Å². The van der Waals surface area contributed by atoms with Crippen molar-refractivity contribution in [2.75, 3.05) is 26.2 Å². The molecule has 0 radical (unpaired) electrons. The molecule has 0 saturated carbocycles. The molecular weight excluding hydrogens is 248 g/mol. The molecule has 1 rings (SSSR count). The molecule has 1 aliphatic rings. The third kappa shape index (κ3) is 8.57. The topological polar surface area (TPSA) is 32.3 Å². The summed E-state index contributed by atoms with van der Waals surface area (Å²) in [6, 6.07) is 0. The molecule has 3 heteroatoms. The third-order valence-corrected chi connectivity index (χ3v) is 3.86. The van der Waals surface area contributed by atoms with Gasteiger partial charge in [-0.25, -0.2) is 0 Å². The SMILES string of the molecule is CC.CCCCN(CCC1CCNCC1)C(=O)CCC. The normalized spacial score (nSPS) is 15.4. The monoisotopic (exact) mass is 284 g/mol. The molecule has 1 saturated heterocycles. The highest BCUT2D eigenvalue weighted by Gasteiger charge is 2.17. The number of carbonyl (C=O) groups is 1. The summed E-state index contributed by atoms with van der Waals surface area (Å²) >= 11 is 0. The summed E-state index contributed by atoms with van der Waals surface area (Å²) in [4.78, 5) is 14.1. The van der Waals surface area contributed by atoms with Crippen LogP contribution >= 0.6 is 0 Å². The Kier molecular flexibility index (Phi) is 13.0. The number of hydrogen-bond donors (Lipinski definition) is 1. The van der Waals surface area contributed by atoms with Crippen LogP contribution in [0.1, 0.15) is 72.6 Å². The van der Waals surface area contributed by atoms with E-state index in [1.165, 1.54) is 25.7 Å². The molecule has 120 valence electrons. The second kappa shape index (κ2) is 13.4. The summed E-state index contributed by atoms with van der Waals surface area (Å²) in [5.74, 6) is 1.18. The van der Waals surface area contributed by atoms with Crippen molar-refractivity contribution in [1.29, 1.82) is 0 Å². The van der Waals surface area contributed by atoms with Crippen molar-refractivity contribution in [3.63, 3.8) is 0 Å². The maximum atomic E-state index is 12.0. The second-order valence-electron chi connectivity index (χ2n) is 5.47. The standard InChI is InChI=1S/C15H30N2O.C2H6/c1-3-5-12-17(15(18)6-4-2)13-9-14-7-10-16-11-8-14;1-2/h14,16H,3-13H2,1-2H3;1-2H3. The van der Waals surface area contributed by atoms with Gasteiger partial charge in [0.05, 0.1) is 0 Å². The molecule has 0 aromatic rings. The minimum absolute atomic E-state index is 0.361. The van der Waals surface area contributed by atoms with Crippen LogP contribution in [-0.4, -0.2) is 37.0 Å². The fourth-order valence-corrected chi connectivity index (χ4v) is 2.59. The smallest absolute Gasteiger partial charge is 0.222 e. The van der Waals surface area contributed by atoms with E-state index in [1.807, 2.05) is 13.8 Å². The molecule has 20 heavy (non-hydrogen) atoms. The number of nitrogens with zero attached hydrogens (tertiary/aromatic N) is 1.